The van der Waals surface area contributed by atoms with Gasteiger partial charge >= 0.3 is 0 Å². The van der Waals surface area contributed by atoms with E-state index >= 15 is 0 Å². The Kier molecular flexibility index (Phi) is 7.46. The number of hydrogen-bond acceptors (Lipinski definition) is 3. The Labute approximate surface area is 127 Å². The van der Waals surface area contributed by atoms with Gasteiger partial charge in [0, 0.05) is 12.0 Å². The molecule has 0 aromatic heterocycles. The van der Waals surface area contributed by atoms with Gasteiger partial charge in [0.25, 0.3) is 0 Å². The van der Waals surface area contributed by atoms with Crippen LogP contribution in [-0.2, 0) is 9.26 Å². The van der Waals surface area contributed by atoms with Crippen LogP contribution in [0, 0.1) is 5.41 Å². The minimum Gasteiger partial charge on any atom is -0.417 e. The third-order valence-electron chi connectivity index (χ3n) is 4.14. The summed E-state index contributed by atoms with van der Waals surface area (Å²) in [5.74, 6) is 0. The van der Waals surface area contributed by atoms with E-state index in [2.05, 4.69) is 59.8 Å². The third-order valence-corrected chi connectivity index (χ3v) is 8.68. The molecule has 0 aromatic carbocycles. The molecule has 120 valence electrons. The Morgan fingerprint density at radius 3 is 1.95 bits per heavy atom. The maximum absolute atomic E-state index is 6.19. The lowest BCUT2D eigenvalue weighted by Gasteiger charge is -2.36. The molecule has 4 heteroatoms. The van der Waals surface area contributed by atoms with Crippen molar-refractivity contribution >= 4 is 14.0 Å². The minimum atomic E-state index is -1.59. The molecule has 0 radical (unpaired) electrons. The van der Waals surface area contributed by atoms with E-state index in [4.69, 9.17) is 9.26 Å². The van der Waals surface area contributed by atoms with Crippen LogP contribution < -0.4 is 0 Å². The van der Waals surface area contributed by atoms with E-state index in [0.717, 1.165) is 31.6 Å². The molecule has 0 aromatic rings. The average molecular weight is 302 g/mol. The van der Waals surface area contributed by atoms with Gasteiger partial charge < -0.3 is 9.26 Å². The summed E-state index contributed by atoms with van der Waals surface area (Å²) >= 11 is 0. The molecular weight excluding hydrogens is 266 g/mol. The van der Waals surface area contributed by atoms with Crippen molar-refractivity contribution in [2.24, 2.45) is 10.6 Å². The van der Waals surface area contributed by atoms with Crippen molar-refractivity contribution in [2.45, 2.75) is 78.9 Å². The first-order valence-corrected chi connectivity index (χ1v) is 10.6. The zero-order chi connectivity index (χ0) is 16.0. The van der Waals surface area contributed by atoms with Crippen molar-refractivity contribution in [3.63, 3.8) is 0 Å². The fourth-order valence-corrected chi connectivity index (χ4v) is 2.69. The van der Waals surface area contributed by atoms with Crippen LogP contribution in [0.4, 0.5) is 0 Å². The highest BCUT2D eigenvalue weighted by atomic mass is 28.4. The van der Waals surface area contributed by atoms with Crippen molar-refractivity contribution in [1.29, 1.82) is 0 Å². The largest absolute Gasteiger partial charge is 0.417 e. The summed E-state index contributed by atoms with van der Waals surface area (Å²) in [5.41, 5.74) is 1.21. The van der Waals surface area contributed by atoms with E-state index in [9.17, 15) is 0 Å². The molecule has 0 spiro atoms. The molecule has 0 fully saturated rings. The molecule has 3 nitrogen and oxygen atoms in total. The van der Waals surface area contributed by atoms with Crippen LogP contribution in [0.3, 0.4) is 0 Å². The number of unbranched alkanes of at least 4 members (excludes halogenated alkanes) is 1. The number of oxime groups is 1. The van der Waals surface area contributed by atoms with Gasteiger partial charge in [0.15, 0.2) is 8.32 Å². The van der Waals surface area contributed by atoms with Gasteiger partial charge in [-0.2, -0.15) is 0 Å². The average Bonchev–Trinajstić information content (AvgIpc) is 2.24. The molecule has 0 amide bonds. The summed E-state index contributed by atoms with van der Waals surface area (Å²) in [6, 6.07) is 0. The van der Waals surface area contributed by atoms with Crippen LogP contribution in [0.5, 0.6) is 0 Å². The molecule has 0 saturated heterocycles. The Morgan fingerprint density at radius 2 is 1.55 bits per heavy atom. The summed E-state index contributed by atoms with van der Waals surface area (Å²) in [6.07, 6.45) is 3.18. The Morgan fingerprint density at radius 1 is 1.00 bits per heavy atom. The first-order valence-electron chi connectivity index (χ1n) is 7.66. The molecule has 0 atom stereocenters. The summed E-state index contributed by atoms with van der Waals surface area (Å²) in [5, 5.41) is 4.46. The first kappa shape index (κ1) is 19.6. The highest BCUT2D eigenvalue weighted by Gasteiger charge is 2.36. The van der Waals surface area contributed by atoms with Gasteiger partial charge in [-0.3, -0.25) is 0 Å². The van der Waals surface area contributed by atoms with E-state index in [1.54, 1.807) is 7.11 Å². The monoisotopic (exact) mass is 301 g/mol. The summed E-state index contributed by atoms with van der Waals surface area (Å²) in [4.78, 5) is 4.95. The van der Waals surface area contributed by atoms with Crippen LogP contribution in [0.15, 0.2) is 5.16 Å². The zero-order valence-corrected chi connectivity index (χ0v) is 16.1. The molecule has 0 heterocycles. The highest BCUT2D eigenvalue weighted by molar-refractivity contribution is 6.74. The first-order chi connectivity index (χ1) is 8.92. The lowest BCUT2D eigenvalue weighted by molar-refractivity contribution is 0.207. The normalized spacial score (nSPS) is 14.6. The lowest BCUT2D eigenvalue weighted by Crippen LogP contribution is -2.40. The lowest BCUT2D eigenvalue weighted by atomic mass is 9.87. The molecule has 0 N–H and O–H groups in total. The molecular formula is C16H35NO2Si. The van der Waals surface area contributed by atoms with Gasteiger partial charge in [0.2, 0.25) is 0 Å². The Hall–Kier alpha value is -0.353. The highest BCUT2D eigenvalue weighted by Crippen LogP contribution is 2.36. The fraction of sp³-hybridized carbons (Fsp3) is 0.938. The van der Waals surface area contributed by atoms with Gasteiger partial charge in [-0.15, -0.1) is 0 Å². The van der Waals surface area contributed by atoms with Crippen molar-refractivity contribution in [1.82, 2.24) is 0 Å². The van der Waals surface area contributed by atoms with E-state index in [-0.39, 0.29) is 5.41 Å². The van der Waals surface area contributed by atoms with Crippen LogP contribution in [0.1, 0.15) is 60.8 Å². The Balaban J connectivity index is 4.13. The maximum atomic E-state index is 6.19. The number of hydrogen-bond donors (Lipinski definition) is 0. The quantitative estimate of drug-likeness (QED) is 0.279. The molecule has 20 heavy (non-hydrogen) atoms. The van der Waals surface area contributed by atoms with Crippen LogP contribution in [0.2, 0.25) is 18.1 Å². The van der Waals surface area contributed by atoms with E-state index in [1.807, 2.05) is 0 Å². The smallest absolute Gasteiger partial charge is 0.191 e. The van der Waals surface area contributed by atoms with Crippen molar-refractivity contribution in [2.75, 3.05) is 13.7 Å². The van der Waals surface area contributed by atoms with E-state index in [0.29, 0.717) is 5.04 Å². The van der Waals surface area contributed by atoms with Gasteiger partial charge in [0.1, 0.15) is 7.11 Å². The molecule has 0 unspecified atom stereocenters. The van der Waals surface area contributed by atoms with Crippen molar-refractivity contribution in [3.8, 4) is 0 Å². The second-order valence-corrected chi connectivity index (χ2v) is 12.8. The predicted octanol–water partition coefficient (Wildman–Crippen LogP) is 5.23. The van der Waals surface area contributed by atoms with Crippen molar-refractivity contribution in [3.05, 3.63) is 0 Å². The van der Waals surface area contributed by atoms with Crippen LogP contribution in [0.25, 0.3) is 0 Å². The second-order valence-electron chi connectivity index (χ2n) is 8.04. The van der Waals surface area contributed by atoms with Gasteiger partial charge in [-0.05, 0) is 37.4 Å². The number of nitrogens with zero attached hydrogens (tertiary/aromatic N) is 1. The van der Waals surface area contributed by atoms with E-state index in [1.165, 1.54) is 0 Å². The molecule has 0 aliphatic carbocycles. The summed E-state index contributed by atoms with van der Waals surface area (Å²) in [6.45, 7) is 18.8. The molecule has 0 aliphatic rings. The second kappa shape index (κ2) is 7.60. The molecule has 0 bridgehead atoms. The third kappa shape index (κ3) is 6.89. The van der Waals surface area contributed by atoms with Gasteiger partial charge in [0.05, 0.1) is 5.71 Å². The topological polar surface area (TPSA) is 30.8 Å². The summed E-state index contributed by atoms with van der Waals surface area (Å²) < 4.78 is 6.19. The van der Waals surface area contributed by atoms with Crippen LogP contribution in [-0.4, -0.2) is 27.7 Å². The maximum Gasteiger partial charge on any atom is 0.191 e. The fourth-order valence-electron chi connectivity index (χ4n) is 1.61. The van der Waals surface area contributed by atoms with Gasteiger partial charge in [-0.1, -0.05) is 46.7 Å². The standard InChI is InChI=1S/C16H35NO2Si/c1-15(2,3)14(17-18-7)12-10-11-13-19-20(8,9)16(4,5)6/h10-13H2,1-9H3/b17-14+. The van der Waals surface area contributed by atoms with Crippen molar-refractivity contribution < 1.29 is 9.26 Å². The number of rotatable bonds is 7. The molecule has 0 saturated carbocycles. The van der Waals surface area contributed by atoms with Gasteiger partial charge in [-0.25, -0.2) is 0 Å². The Bertz CT molecular complexity index is 311. The molecule has 0 rings (SSSR count). The summed E-state index contributed by atoms with van der Waals surface area (Å²) in [7, 11) is 0.0285. The van der Waals surface area contributed by atoms with E-state index < -0.39 is 8.32 Å². The van der Waals surface area contributed by atoms with Crippen LogP contribution >= 0.6 is 0 Å². The predicted molar refractivity (Wildman–Crippen MR) is 90.9 cm³/mol. The SMILES string of the molecule is CO/N=C(\CCCCO[Si](C)(C)C(C)(C)C)C(C)(C)C. The zero-order valence-electron chi connectivity index (χ0n) is 15.1. The molecule has 0 aliphatic heterocycles. The minimum absolute atomic E-state index is 0.0797.